The standard InChI is InChI=1S/C19H16F4N4OS2/c1-10-15(30-11(2)24-10)14-7-29-17(25-14)26-16(28)18(20)8-27(9-18)13-5-3-12(4-6-13)19(21,22)23/h3-7H,8-9H2,1-2H3,(H,25,26,28). The summed E-state index contributed by atoms with van der Waals surface area (Å²) in [5.74, 6) is -0.816. The van der Waals surface area contributed by atoms with Gasteiger partial charge in [0.1, 0.15) is 0 Å². The number of nitrogens with one attached hydrogen (secondary N) is 1. The Hall–Kier alpha value is -2.53. The molecule has 2 aromatic heterocycles. The second kappa shape index (κ2) is 7.31. The molecule has 0 aliphatic carbocycles. The number of alkyl halides is 4. The van der Waals surface area contributed by atoms with Crippen molar-refractivity contribution in [2.45, 2.75) is 25.7 Å². The van der Waals surface area contributed by atoms with Crippen LogP contribution in [0.4, 0.5) is 28.4 Å². The number of amides is 1. The molecule has 3 aromatic rings. The number of anilines is 2. The Morgan fingerprint density at radius 3 is 2.40 bits per heavy atom. The number of halogens is 4. The molecule has 158 valence electrons. The molecule has 3 heterocycles. The first-order chi connectivity index (χ1) is 14.0. The Morgan fingerprint density at radius 1 is 1.17 bits per heavy atom. The molecule has 0 unspecified atom stereocenters. The molecular weight excluding hydrogens is 440 g/mol. The minimum Gasteiger partial charge on any atom is -0.364 e. The molecule has 1 aromatic carbocycles. The van der Waals surface area contributed by atoms with Crippen LogP contribution < -0.4 is 10.2 Å². The molecule has 1 amide bonds. The number of carbonyl (C=O) groups excluding carboxylic acids is 1. The molecule has 0 bridgehead atoms. The Kier molecular flexibility index (Phi) is 5.05. The SMILES string of the molecule is Cc1nc(C)c(-c2csc(NC(=O)C3(F)CN(c4ccc(C(F)(F)F)cc4)C3)n2)s1. The van der Waals surface area contributed by atoms with Crippen molar-refractivity contribution in [2.24, 2.45) is 0 Å². The monoisotopic (exact) mass is 456 g/mol. The number of aromatic nitrogens is 2. The molecule has 11 heteroatoms. The van der Waals surface area contributed by atoms with Crippen LogP contribution in [0.1, 0.15) is 16.3 Å². The van der Waals surface area contributed by atoms with E-state index in [2.05, 4.69) is 15.3 Å². The van der Waals surface area contributed by atoms with Crippen LogP contribution in [0.2, 0.25) is 0 Å². The van der Waals surface area contributed by atoms with Gasteiger partial charge in [-0.2, -0.15) is 13.2 Å². The van der Waals surface area contributed by atoms with Gasteiger partial charge in [-0.1, -0.05) is 0 Å². The van der Waals surface area contributed by atoms with E-state index >= 15 is 0 Å². The normalized spacial score (nSPS) is 15.7. The number of aryl methyl sites for hydroxylation is 2. The van der Waals surface area contributed by atoms with E-state index in [1.54, 1.807) is 5.38 Å². The largest absolute Gasteiger partial charge is 0.416 e. The van der Waals surface area contributed by atoms with E-state index in [-0.39, 0.29) is 18.2 Å². The number of carbonyl (C=O) groups is 1. The second-order valence-corrected chi connectivity index (χ2v) is 9.07. The molecule has 1 saturated heterocycles. The van der Waals surface area contributed by atoms with Crippen molar-refractivity contribution in [3.8, 4) is 10.6 Å². The summed E-state index contributed by atoms with van der Waals surface area (Å²) in [5.41, 5.74) is -0.968. The van der Waals surface area contributed by atoms with Gasteiger partial charge in [-0.25, -0.2) is 14.4 Å². The fraction of sp³-hybridized carbons (Fsp3) is 0.316. The van der Waals surface area contributed by atoms with Gasteiger partial charge >= 0.3 is 6.18 Å². The number of hydrogen-bond donors (Lipinski definition) is 1. The minimum absolute atomic E-state index is 0.240. The van der Waals surface area contributed by atoms with Gasteiger partial charge in [-0.3, -0.25) is 10.1 Å². The first-order valence-corrected chi connectivity index (χ1v) is 10.6. The predicted molar refractivity (Wildman–Crippen MR) is 109 cm³/mol. The molecule has 5 nitrogen and oxygen atoms in total. The van der Waals surface area contributed by atoms with Crippen molar-refractivity contribution in [3.63, 3.8) is 0 Å². The van der Waals surface area contributed by atoms with E-state index < -0.39 is 23.3 Å². The van der Waals surface area contributed by atoms with Crippen LogP contribution in [0.25, 0.3) is 10.6 Å². The molecule has 0 saturated carbocycles. The third-order valence-electron chi connectivity index (χ3n) is 4.71. The summed E-state index contributed by atoms with van der Waals surface area (Å²) in [4.78, 5) is 23.5. The molecular formula is C19H16F4N4OS2. The molecule has 4 rings (SSSR count). The topological polar surface area (TPSA) is 58.1 Å². The van der Waals surface area contributed by atoms with Crippen LogP contribution in [-0.4, -0.2) is 34.6 Å². The highest BCUT2D eigenvalue weighted by Gasteiger charge is 2.50. The van der Waals surface area contributed by atoms with Crippen molar-refractivity contribution in [1.82, 2.24) is 9.97 Å². The Labute approximate surface area is 177 Å². The zero-order valence-electron chi connectivity index (χ0n) is 15.9. The van der Waals surface area contributed by atoms with E-state index in [1.807, 2.05) is 13.8 Å². The predicted octanol–water partition coefficient (Wildman–Crippen LogP) is 5.07. The highest BCUT2D eigenvalue weighted by Crippen LogP contribution is 2.36. The lowest BCUT2D eigenvalue weighted by molar-refractivity contribution is -0.137. The average Bonchev–Trinajstić information content (AvgIpc) is 3.24. The fourth-order valence-corrected chi connectivity index (χ4v) is 4.81. The molecule has 1 fully saturated rings. The quantitative estimate of drug-likeness (QED) is 0.557. The molecule has 0 atom stereocenters. The Bertz CT molecular complexity index is 1080. The van der Waals surface area contributed by atoms with Gasteiger partial charge in [0.15, 0.2) is 5.13 Å². The lowest BCUT2D eigenvalue weighted by atomic mass is 9.94. The maximum Gasteiger partial charge on any atom is 0.416 e. The van der Waals surface area contributed by atoms with Crippen molar-refractivity contribution in [3.05, 3.63) is 45.9 Å². The highest BCUT2D eigenvalue weighted by atomic mass is 32.1. The van der Waals surface area contributed by atoms with E-state index in [1.165, 1.54) is 39.7 Å². The van der Waals surface area contributed by atoms with E-state index in [0.717, 1.165) is 27.7 Å². The summed E-state index contributed by atoms with van der Waals surface area (Å²) in [6, 6.07) is 4.42. The van der Waals surface area contributed by atoms with E-state index in [4.69, 9.17) is 0 Å². The van der Waals surface area contributed by atoms with Gasteiger partial charge in [0.2, 0.25) is 5.67 Å². The maximum absolute atomic E-state index is 14.9. The summed E-state index contributed by atoms with van der Waals surface area (Å²) < 4.78 is 52.9. The summed E-state index contributed by atoms with van der Waals surface area (Å²) in [6.07, 6.45) is -4.43. The highest BCUT2D eigenvalue weighted by molar-refractivity contribution is 7.16. The van der Waals surface area contributed by atoms with Gasteiger partial charge in [0, 0.05) is 11.1 Å². The number of nitrogens with zero attached hydrogens (tertiary/aromatic N) is 3. The zero-order chi connectivity index (χ0) is 21.7. The van der Waals surface area contributed by atoms with Gasteiger partial charge in [0.05, 0.1) is 39.9 Å². The van der Waals surface area contributed by atoms with Gasteiger partial charge in [-0.15, -0.1) is 22.7 Å². The van der Waals surface area contributed by atoms with Crippen LogP contribution in [0.5, 0.6) is 0 Å². The molecule has 0 spiro atoms. The Morgan fingerprint density at radius 2 is 1.83 bits per heavy atom. The van der Waals surface area contributed by atoms with E-state index in [9.17, 15) is 22.4 Å². The van der Waals surface area contributed by atoms with Gasteiger partial charge in [0.25, 0.3) is 5.91 Å². The molecule has 1 aliphatic heterocycles. The van der Waals surface area contributed by atoms with Crippen molar-refractivity contribution >= 4 is 39.4 Å². The smallest absolute Gasteiger partial charge is 0.364 e. The third-order valence-corrected chi connectivity index (χ3v) is 6.56. The zero-order valence-corrected chi connectivity index (χ0v) is 17.5. The van der Waals surface area contributed by atoms with E-state index in [0.29, 0.717) is 11.4 Å². The molecule has 1 aliphatic rings. The summed E-state index contributed by atoms with van der Waals surface area (Å²) in [6.45, 7) is 3.28. The number of thiazole rings is 2. The fourth-order valence-electron chi connectivity index (χ4n) is 3.16. The van der Waals surface area contributed by atoms with Crippen molar-refractivity contribution in [1.29, 1.82) is 0 Å². The maximum atomic E-state index is 14.9. The van der Waals surface area contributed by atoms with Crippen LogP contribution in [-0.2, 0) is 11.0 Å². The van der Waals surface area contributed by atoms with Crippen molar-refractivity contribution < 1.29 is 22.4 Å². The van der Waals surface area contributed by atoms with Crippen LogP contribution in [0.15, 0.2) is 29.6 Å². The first-order valence-electron chi connectivity index (χ1n) is 8.88. The second-order valence-electron chi connectivity index (χ2n) is 7.01. The lowest BCUT2D eigenvalue weighted by Crippen LogP contribution is -2.65. The number of hydrogen-bond acceptors (Lipinski definition) is 6. The van der Waals surface area contributed by atoms with Crippen LogP contribution in [0.3, 0.4) is 0 Å². The van der Waals surface area contributed by atoms with Gasteiger partial charge in [-0.05, 0) is 38.1 Å². The summed E-state index contributed by atoms with van der Waals surface area (Å²) in [7, 11) is 0. The van der Waals surface area contributed by atoms with Crippen LogP contribution >= 0.6 is 22.7 Å². The molecule has 0 radical (unpaired) electrons. The first kappa shape index (κ1) is 20.7. The summed E-state index contributed by atoms with van der Waals surface area (Å²) in [5, 5.41) is 5.46. The average molecular weight is 456 g/mol. The minimum atomic E-state index is -4.43. The molecule has 30 heavy (non-hydrogen) atoms. The Balaban J connectivity index is 1.39. The summed E-state index contributed by atoms with van der Waals surface area (Å²) >= 11 is 2.68. The number of benzene rings is 1. The molecule has 1 N–H and O–H groups in total. The van der Waals surface area contributed by atoms with Crippen LogP contribution in [0, 0.1) is 13.8 Å². The lowest BCUT2D eigenvalue weighted by Gasteiger charge is -2.44. The van der Waals surface area contributed by atoms with Gasteiger partial charge < -0.3 is 4.90 Å². The van der Waals surface area contributed by atoms with Crippen molar-refractivity contribution in [2.75, 3.05) is 23.3 Å². The number of rotatable bonds is 4. The third kappa shape index (κ3) is 3.91.